The zero-order valence-electron chi connectivity index (χ0n) is 11.7. The average Bonchev–Trinajstić information content (AvgIpc) is 2.98. The Balaban J connectivity index is 1.58. The van der Waals surface area contributed by atoms with Crippen LogP contribution in [0.2, 0.25) is 0 Å². The van der Waals surface area contributed by atoms with E-state index in [1.807, 2.05) is 24.3 Å². The van der Waals surface area contributed by atoms with E-state index in [-0.39, 0.29) is 24.9 Å². The molecule has 2 aliphatic heterocycles. The molecule has 0 bridgehead atoms. The molecule has 112 valence electrons. The maximum atomic E-state index is 11.3. The Morgan fingerprint density at radius 1 is 1.10 bits per heavy atom. The van der Waals surface area contributed by atoms with Crippen molar-refractivity contribution in [1.82, 2.24) is 0 Å². The first-order valence-corrected chi connectivity index (χ1v) is 7.28. The highest BCUT2D eigenvalue weighted by atomic mass is 16.6. The van der Waals surface area contributed by atoms with Crippen molar-refractivity contribution in [2.45, 2.75) is 37.7 Å². The molecule has 0 aliphatic carbocycles. The van der Waals surface area contributed by atoms with Crippen molar-refractivity contribution in [3.05, 3.63) is 29.8 Å². The van der Waals surface area contributed by atoms with E-state index in [1.165, 1.54) is 0 Å². The highest BCUT2D eigenvalue weighted by molar-refractivity contribution is 5.89. The largest absolute Gasteiger partial charge is 0.491 e. The van der Waals surface area contributed by atoms with Gasteiger partial charge in [-0.2, -0.15) is 0 Å². The highest BCUT2D eigenvalue weighted by Gasteiger charge is 2.28. The summed E-state index contributed by atoms with van der Waals surface area (Å²) in [5, 5.41) is 0. The second-order valence-corrected chi connectivity index (χ2v) is 5.47. The summed E-state index contributed by atoms with van der Waals surface area (Å²) >= 11 is 0. The van der Waals surface area contributed by atoms with E-state index in [1.54, 1.807) is 0 Å². The van der Waals surface area contributed by atoms with Gasteiger partial charge in [-0.15, -0.1) is 0 Å². The van der Waals surface area contributed by atoms with Crippen LogP contribution in [0.3, 0.4) is 0 Å². The van der Waals surface area contributed by atoms with Crippen molar-refractivity contribution in [3.8, 4) is 5.75 Å². The summed E-state index contributed by atoms with van der Waals surface area (Å²) < 4.78 is 15.7. The lowest BCUT2D eigenvalue weighted by molar-refractivity contribution is -0.163. The molecule has 2 aliphatic rings. The van der Waals surface area contributed by atoms with Crippen molar-refractivity contribution >= 4 is 11.9 Å². The van der Waals surface area contributed by atoms with Gasteiger partial charge in [0.2, 0.25) is 0 Å². The van der Waals surface area contributed by atoms with Gasteiger partial charge in [0, 0.05) is 12.5 Å². The van der Waals surface area contributed by atoms with Crippen LogP contribution in [-0.4, -0.2) is 31.3 Å². The summed E-state index contributed by atoms with van der Waals surface area (Å²) in [7, 11) is 0. The van der Waals surface area contributed by atoms with E-state index in [0.29, 0.717) is 6.61 Å². The van der Waals surface area contributed by atoms with Crippen molar-refractivity contribution in [2.75, 3.05) is 13.2 Å². The van der Waals surface area contributed by atoms with Crippen LogP contribution in [0.1, 0.15) is 37.2 Å². The van der Waals surface area contributed by atoms with Crippen LogP contribution in [0, 0.1) is 0 Å². The summed E-state index contributed by atoms with van der Waals surface area (Å²) in [4.78, 5) is 22.6. The zero-order valence-corrected chi connectivity index (χ0v) is 11.7. The van der Waals surface area contributed by atoms with Gasteiger partial charge in [-0.05, 0) is 30.5 Å². The third kappa shape index (κ3) is 3.61. The van der Waals surface area contributed by atoms with E-state index in [9.17, 15) is 9.59 Å². The Hall–Kier alpha value is -1.88. The fourth-order valence-corrected chi connectivity index (χ4v) is 2.72. The molecule has 1 unspecified atom stereocenters. The van der Waals surface area contributed by atoms with Gasteiger partial charge < -0.3 is 14.2 Å². The van der Waals surface area contributed by atoms with Gasteiger partial charge in [0.05, 0.1) is 18.9 Å². The lowest BCUT2D eigenvalue weighted by Crippen LogP contribution is -2.24. The smallest absolute Gasteiger partial charge is 0.314 e. The van der Waals surface area contributed by atoms with Crippen molar-refractivity contribution in [3.63, 3.8) is 0 Å². The third-order valence-electron chi connectivity index (χ3n) is 3.87. The molecule has 2 saturated heterocycles. The molecular formula is C16H18O5. The van der Waals surface area contributed by atoms with Gasteiger partial charge in [0.15, 0.2) is 0 Å². The van der Waals surface area contributed by atoms with Crippen LogP contribution in [-0.2, 0) is 19.1 Å². The molecule has 1 atom stereocenters. The molecule has 21 heavy (non-hydrogen) atoms. The molecule has 0 spiro atoms. The van der Waals surface area contributed by atoms with Crippen LogP contribution in [0.5, 0.6) is 5.75 Å². The first-order chi connectivity index (χ1) is 10.2. The Morgan fingerprint density at radius 3 is 2.43 bits per heavy atom. The Morgan fingerprint density at radius 2 is 1.81 bits per heavy atom. The van der Waals surface area contributed by atoms with Crippen molar-refractivity contribution in [1.29, 1.82) is 0 Å². The molecule has 5 heteroatoms. The number of hydrogen-bond acceptors (Lipinski definition) is 5. The summed E-state index contributed by atoms with van der Waals surface area (Å²) in [6.45, 7) is 1.38. The Bertz CT molecular complexity index is 500. The maximum absolute atomic E-state index is 11.3. The van der Waals surface area contributed by atoms with E-state index in [2.05, 4.69) is 4.74 Å². The molecule has 2 heterocycles. The Labute approximate surface area is 123 Å². The second kappa shape index (κ2) is 6.26. The van der Waals surface area contributed by atoms with Crippen LogP contribution in [0.15, 0.2) is 24.3 Å². The van der Waals surface area contributed by atoms with Gasteiger partial charge >= 0.3 is 11.9 Å². The lowest BCUT2D eigenvalue weighted by Gasteiger charge is -2.20. The van der Waals surface area contributed by atoms with Crippen molar-refractivity contribution < 1.29 is 23.8 Å². The van der Waals surface area contributed by atoms with Crippen LogP contribution < -0.4 is 4.74 Å². The standard InChI is InChI=1S/C16H18O5/c17-15-8-12(9-16(18)21-15)11-3-5-13(6-4-11)20-10-14-2-1-7-19-14/h3-6,12,14H,1-2,7-10H2. The molecular weight excluding hydrogens is 272 g/mol. The van der Waals surface area contributed by atoms with E-state index < -0.39 is 11.9 Å². The fourth-order valence-electron chi connectivity index (χ4n) is 2.72. The van der Waals surface area contributed by atoms with Crippen LogP contribution >= 0.6 is 0 Å². The van der Waals surface area contributed by atoms with Gasteiger partial charge in [-0.1, -0.05) is 12.1 Å². The van der Waals surface area contributed by atoms with Crippen molar-refractivity contribution in [2.24, 2.45) is 0 Å². The number of ether oxygens (including phenoxy) is 3. The van der Waals surface area contributed by atoms with Crippen LogP contribution in [0.4, 0.5) is 0 Å². The third-order valence-corrected chi connectivity index (χ3v) is 3.87. The molecule has 0 saturated carbocycles. The quantitative estimate of drug-likeness (QED) is 0.628. The molecule has 3 rings (SSSR count). The first-order valence-electron chi connectivity index (χ1n) is 7.28. The van der Waals surface area contributed by atoms with Gasteiger partial charge in [-0.3, -0.25) is 9.59 Å². The van der Waals surface area contributed by atoms with E-state index in [0.717, 1.165) is 30.8 Å². The van der Waals surface area contributed by atoms with Crippen LogP contribution in [0.25, 0.3) is 0 Å². The number of rotatable bonds is 4. The summed E-state index contributed by atoms with van der Waals surface area (Å²) in [5.41, 5.74) is 0.962. The summed E-state index contributed by atoms with van der Waals surface area (Å²) in [6, 6.07) is 7.55. The predicted molar refractivity (Wildman–Crippen MR) is 74.0 cm³/mol. The van der Waals surface area contributed by atoms with Gasteiger partial charge in [0.25, 0.3) is 0 Å². The highest BCUT2D eigenvalue weighted by Crippen LogP contribution is 2.29. The molecule has 2 fully saturated rings. The predicted octanol–water partition coefficient (Wildman–Crippen LogP) is 2.19. The SMILES string of the molecule is O=C1CC(c2ccc(OCC3CCCO3)cc2)CC(=O)O1. The molecule has 0 N–H and O–H groups in total. The molecule has 1 aromatic rings. The number of esters is 2. The van der Waals surface area contributed by atoms with E-state index >= 15 is 0 Å². The fraction of sp³-hybridized carbons (Fsp3) is 0.500. The lowest BCUT2D eigenvalue weighted by atomic mass is 9.91. The minimum absolute atomic E-state index is 0.0917. The summed E-state index contributed by atoms with van der Waals surface area (Å²) in [5.74, 6) is -0.213. The second-order valence-electron chi connectivity index (χ2n) is 5.47. The molecule has 0 aromatic heterocycles. The van der Waals surface area contributed by atoms with E-state index in [4.69, 9.17) is 9.47 Å². The minimum Gasteiger partial charge on any atom is -0.491 e. The molecule has 0 amide bonds. The molecule has 5 nitrogen and oxygen atoms in total. The molecule has 1 aromatic carbocycles. The Kier molecular flexibility index (Phi) is 4.20. The molecule has 0 radical (unpaired) electrons. The normalized spacial score (nSPS) is 23.1. The number of carbonyl (C=O) groups is 2. The number of cyclic esters (lactones) is 2. The number of carbonyl (C=O) groups excluding carboxylic acids is 2. The van der Waals surface area contributed by atoms with Gasteiger partial charge in [-0.25, -0.2) is 0 Å². The van der Waals surface area contributed by atoms with Gasteiger partial charge in [0.1, 0.15) is 12.4 Å². The monoisotopic (exact) mass is 290 g/mol. The maximum Gasteiger partial charge on any atom is 0.314 e. The average molecular weight is 290 g/mol. The zero-order chi connectivity index (χ0) is 14.7. The first kappa shape index (κ1) is 14.1. The summed E-state index contributed by atoms with van der Waals surface area (Å²) in [6.07, 6.45) is 2.84. The number of benzene rings is 1. The minimum atomic E-state index is -0.449. The number of hydrogen-bond donors (Lipinski definition) is 0. The topological polar surface area (TPSA) is 61.8 Å².